The van der Waals surface area contributed by atoms with Crippen molar-refractivity contribution < 1.29 is 10.2 Å². The van der Waals surface area contributed by atoms with Gasteiger partial charge in [0.15, 0.2) is 0 Å². The third-order valence-corrected chi connectivity index (χ3v) is 3.82. The third-order valence-electron chi connectivity index (χ3n) is 3.82. The Morgan fingerprint density at radius 1 is 1.35 bits per heavy atom. The van der Waals surface area contributed by atoms with E-state index in [9.17, 15) is 10.2 Å². The number of rotatable bonds is 3. The van der Waals surface area contributed by atoms with E-state index in [1.54, 1.807) is 4.68 Å². The van der Waals surface area contributed by atoms with Gasteiger partial charge in [0.1, 0.15) is 0 Å². The first-order chi connectivity index (χ1) is 8.15. The molecule has 2 fully saturated rings. The fourth-order valence-corrected chi connectivity index (χ4v) is 2.55. The Kier molecular flexibility index (Phi) is 2.65. The Balaban J connectivity index is 1.65. The molecule has 0 amide bonds. The van der Waals surface area contributed by atoms with E-state index in [1.807, 2.05) is 6.20 Å². The molecule has 0 radical (unpaired) electrons. The number of nitrogens with zero attached hydrogens (tertiary/aromatic N) is 3. The van der Waals surface area contributed by atoms with Crippen molar-refractivity contribution in [1.82, 2.24) is 15.0 Å². The van der Waals surface area contributed by atoms with Crippen LogP contribution in [-0.2, 0) is 6.54 Å². The molecule has 4 atom stereocenters. The maximum atomic E-state index is 9.83. The Hall–Kier alpha value is -0.980. The fourth-order valence-electron chi connectivity index (χ4n) is 2.55. The Morgan fingerprint density at radius 3 is 2.71 bits per heavy atom. The van der Waals surface area contributed by atoms with Crippen LogP contribution >= 0.6 is 0 Å². The van der Waals surface area contributed by atoms with Gasteiger partial charge in [0.05, 0.1) is 17.9 Å². The zero-order valence-corrected chi connectivity index (χ0v) is 9.61. The molecule has 17 heavy (non-hydrogen) atoms. The molecule has 6 nitrogen and oxygen atoms in total. The van der Waals surface area contributed by atoms with E-state index in [-0.39, 0.29) is 12.0 Å². The van der Waals surface area contributed by atoms with Crippen LogP contribution in [0.15, 0.2) is 6.20 Å². The van der Waals surface area contributed by atoms with Gasteiger partial charge in [-0.25, -0.2) is 0 Å². The SMILES string of the molecule is NC1CC(Cn2cc(C3CC3)nn2)C(O)C1O. The Bertz CT molecular complexity index is 404. The van der Waals surface area contributed by atoms with E-state index in [1.165, 1.54) is 12.8 Å². The molecule has 2 saturated carbocycles. The fraction of sp³-hybridized carbons (Fsp3) is 0.818. The lowest BCUT2D eigenvalue weighted by molar-refractivity contribution is 0.0113. The van der Waals surface area contributed by atoms with E-state index in [0.717, 1.165) is 5.69 Å². The average molecular weight is 238 g/mol. The van der Waals surface area contributed by atoms with E-state index in [0.29, 0.717) is 18.9 Å². The van der Waals surface area contributed by atoms with Gasteiger partial charge in [-0.15, -0.1) is 5.10 Å². The highest BCUT2D eigenvalue weighted by Crippen LogP contribution is 2.38. The summed E-state index contributed by atoms with van der Waals surface area (Å²) in [4.78, 5) is 0. The molecule has 4 unspecified atom stereocenters. The second-order valence-electron chi connectivity index (χ2n) is 5.28. The van der Waals surface area contributed by atoms with E-state index >= 15 is 0 Å². The van der Waals surface area contributed by atoms with Crippen LogP contribution < -0.4 is 5.73 Å². The molecular formula is C11H18N4O2. The molecule has 94 valence electrons. The Labute approximate surface area is 99.4 Å². The van der Waals surface area contributed by atoms with Crippen LogP contribution in [0.3, 0.4) is 0 Å². The molecule has 4 N–H and O–H groups in total. The molecule has 2 aliphatic carbocycles. The van der Waals surface area contributed by atoms with Crippen molar-refractivity contribution >= 4 is 0 Å². The van der Waals surface area contributed by atoms with Crippen molar-refractivity contribution in [2.45, 2.75) is 50.0 Å². The van der Waals surface area contributed by atoms with E-state index < -0.39 is 12.2 Å². The highest BCUT2D eigenvalue weighted by atomic mass is 16.3. The summed E-state index contributed by atoms with van der Waals surface area (Å²) in [7, 11) is 0. The summed E-state index contributed by atoms with van der Waals surface area (Å²) >= 11 is 0. The van der Waals surface area contributed by atoms with Crippen molar-refractivity contribution in [1.29, 1.82) is 0 Å². The number of aliphatic hydroxyl groups is 2. The second kappa shape index (κ2) is 4.04. The van der Waals surface area contributed by atoms with Crippen LogP contribution in [-0.4, -0.2) is 43.5 Å². The van der Waals surface area contributed by atoms with Crippen LogP contribution in [0.4, 0.5) is 0 Å². The summed E-state index contributed by atoms with van der Waals surface area (Å²) in [5, 5.41) is 27.6. The van der Waals surface area contributed by atoms with E-state index in [4.69, 9.17) is 5.73 Å². The minimum absolute atomic E-state index is 0.0336. The minimum Gasteiger partial charge on any atom is -0.390 e. The summed E-state index contributed by atoms with van der Waals surface area (Å²) in [5.74, 6) is 0.554. The average Bonchev–Trinajstić information content (AvgIpc) is 3.02. The van der Waals surface area contributed by atoms with Crippen molar-refractivity contribution in [3.8, 4) is 0 Å². The summed E-state index contributed by atoms with van der Waals surface area (Å²) < 4.78 is 1.76. The van der Waals surface area contributed by atoms with Crippen LogP contribution in [0, 0.1) is 5.92 Å². The highest BCUT2D eigenvalue weighted by Gasteiger charge is 2.39. The van der Waals surface area contributed by atoms with Crippen LogP contribution in [0.1, 0.15) is 30.9 Å². The summed E-state index contributed by atoms with van der Waals surface area (Å²) in [6.07, 6.45) is 3.41. The van der Waals surface area contributed by atoms with Crippen molar-refractivity contribution in [3.63, 3.8) is 0 Å². The number of nitrogens with two attached hydrogens (primary N) is 1. The summed E-state index contributed by atoms with van der Waals surface area (Å²) in [6.45, 7) is 0.575. The van der Waals surface area contributed by atoms with Gasteiger partial charge in [0, 0.05) is 30.6 Å². The van der Waals surface area contributed by atoms with E-state index in [2.05, 4.69) is 10.3 Å². The number of aliphatic hydroxyl groups excluding tert-OH is 2. The van der Waals surface area contributed by atoms with Gasteiger partial charge in [-0.1, -0.05) is 5.21 Å². The number of aromatic nitrogens is 3. The normalized spacial score (nSPS) is 37.6. The third kappa shape index (κ3) is 2.08. The molecule has 0 spiro atoms. The first-order valence-corrected chi connectivity index (χ1v) is 6.17. The van der Waals surface area contributed by atoms with Crippen LogP contribution in [0.5, 0.6) is 0 Å². The lowest BCUT2D eigenvalue weighted by Gasteiger charge is -2.15. The van der Waals surface area contributed by atoms with Gasteiger partial charge in [0.2, 0.25) is 0 Å². The highest BCUT2D eigenvalue weighted by molar-refractivity contribution is 5.09. The molecule has 0 aromatic carbocycles. The van der Waals surface area contributed by atoms with Gasteiger partial charge in [-0.2, -0.15) is 0 Å². The molecule has 6 heteroatoms. The first-order valence-electron chi connectivity index (χ1n) is 6.17. The lowest BCUT2D eigenvalue weighted by Crippen LogP contribution is -2.36. The van der Waals surface area contributed by atoms with Gasteiger partial charge in [0.25, 0.3) is 0 Å². The quantitative estimate of drug-likeness (QED) is 0.642. The van der Waals surface area contributed by atoms with Crippen LogP contribution in [0.25, 0.3) is 0 Å². The lowest BCUT2D eigenvalue weighted by atomic mass is 10.1. The molecule has 3 rings (SSSR count). The molecule has 0 bridgehead atoms. The maximum absolute atomic E-state index is 9.83. The number of hydrogen-bond donors (Lipinski definition) is 3. The van der Waals surface area contributed by atoms with Crippen molar-refractivity contribution in [2.24, 2.45) is 11.7 Å². The smallest absolute Gasteiger partial charge is 0.0953 e. The maximum Gasteiger partial charge on any atom is 0.0953 e. The Morgan fingerprint density at radius 2 is 2.12 bits per heavy atom. The van der Waals surface area contributed by atoms with Crippen molar-refractivity contribution in [2.75, 3.05) is 0 Å². The molecule has 2 aliphatic rings. The second-order valence-corrected chi connectivity index (χ2v) is 5.28. The molecular weight excluding hydrogens is 220 g/mol. The van der Waals surface area contributed by atoms with Gasteiger partial charge >= 0.3 is 0 Å². The summed E-state index contributed by atoms with van der Waals surface area (Å²) in [5.41, 5.74) is 6.76. The summed E-state index contributed by atoms with van der Waals surface area (Å²) in [6, 6.07) is -0.332. The molecule has 0 aliphatic heterocycles. The van der Waals surface area contributed by atoms with Crippen LogP contribution in [0.2, 0.25) is 0 Å². The zero-order chi connectivity index (χ0) is 12.0. The van der Waals surface area contributed by atoms with Gasteiger partial charge in [-0.3, -0.25) is 4.68 Å². The van der Waals surface area contributed by atoms with Gasteiger partial charge < -0.3 is 15.9 Å². The first kappa shape index (κ1) is 11.1. The predicted octanol–water partition coefficient (Wildman–Crippen LogP) is -0.776. The number of hydrogen-bond acceptors (Lipinski definition) is 5. The van der Waals surface area contributed by atoms with Crippen molar-refractivity contribution in [3.05, 3.63) is 11.9 Å². The molecule has 0 saturated heterocycles. The molecule has 1 heterocycles. The topological polar surface area (TPSA) is 97.2 Å². The largest absolute Gasteiger partial charge is 0.390 e. The molecule has 1 aromatic rings. The molecule has 1 aromatic heterocycles. The van der Waals surface area contributed by atoms with Gasteiger partial charge in [-0.05, 0) is 19.3 Å². The minimum atomic E-state index is -0.813. The standard InChI is InChI=1S/C11H18N4O2/c12-8-3-7(10(16)11(8)17)4-15-5-9(13-14-15)6-1-2-6/h5-8,10-11,16-17H,1-4,12H2. The zero-order valence-electron chi connectivity index (χ0n) is 9.61. The predicted molar refractivity (Wildman–Crippen MR) is 60.1 cm³/mol. The monoisotopic (exact) mass is 238 g/mol.